The molecule has 0 radical (unpaired) electrons. The van der Waals surface area contributed by atoms with Gasteiger partial charge in [-0.1, -0.05) is 36.4 Å². The van der Waals surface area contributed by atoms with Gasteiger partial charge in [-0.15, -0.1) is 11.6 Å². The Bertz CT molecular complexity index is 944. The summed E-state index contributed by atoms with van der Waals surface area (Å²) in [5.41, 5.74) is 3.62. The van der Waals surface area contributed by atoms with Crippen molar-refractivity contribution in [2.75, 3.05) is 5.88 Å². The van der Waals surface area contributed by atoms with Gasteiger partial charge in [0, 0.05) is 6.54 Å². The van der Waals surface area contributed by atoms with E-state index in [0.717, 1.165) is 16.7 Å². The standard InChI is InChI=1S/C20H18ClN3O3/c21-9-16(25)24-18-13-6-2-1-4-11(13)8-15(18)23-19(26)14-7-3-5-12-10-22-20(27)17(12)14/h1-7,15,18H,8-10H2,(H,22,27)(H,23,26)(H,24,25)/t15-,18-/m1/s1. The van der Waals surface area contributed by atoms with Crippen LogP contribution in [0.2, 0.25) is 0 Å². The molecule has 3 amide bonds. The summed E-state index contributed by atoms with van der Waals surface area (Å²) in [6, 6.07) is 12.3. The molecule has 4 rings (SSSR count). The van der Waals surface area contributed by atoms with Gasteiger partial charge in [0.25, 0.3) is 11.8 Å². The van der Waals surface area contributed by atoms with Crippen LogP contribution < -0.4 is 16.0 Å². The normalized spacial score (nSPS) is 19.8. The van der Waals surface area contributed by atoms with Crippen LogP contribution in [0.3, 0.4) is 0 Å². The summed E-state index contributed by atoms with van der Waals surface area (Å²) in [5.74, 6) is -1.01. The summed E-state index contributed by atoms with van der Waals surface area (Å²) >= 11 is 5.64. The molecule has 2 aromatic carbocycles. The van der Waals surface area contributed by atoms with Gasteiger partial charge in [0.15, 0.2) is 0 Å². The Morgan fingerprint density at radius 3 is 2.67 bits per heavy atom. The van der Waals surface area contributed by atoms with E-state index in [9.17, 15) is 14.4 Å². The zero-order valence-electron chi connectivity index (χ0n) is 14.4. The monoisotopic (exact) mass is 383 g/mol. The van der Waals surface area contributed by atoms with Gasteiger partial charge in [0.05, 0.1) is 23.2 Å². The van der Waals surface area contributed by atoms with Gasteiger partial charge >= 0.3 is 0 Å². The largest absolute Gasteiger partial charge is 0.348 e. The number of nitrogens with one attached hydrogen (secondary N) is 3. The molecule has 1 aliphatic carbocycles. The molecule has 2 aliphatic rings. The van der Waals surface area contributed by atoms with Gasteiger partial charge in [-0.25, -0.2) is 0 Å². The number of benzene rings is 2. The summed E-state index contributed by atoms with van der Waals surface area (Å²) < 4.78 is 0. The fourth-order valence-electron chi connectivity index (χ4n) is 3.83. The van der Waals surface area contributed by atoms with E-state index in [-0.39, 0.29) is 35.7 Å². The average molecular weight is 384 g/mol. The minimum absolute atomic E-state index is 0.147. The lowest BCUT2D eigenvalue weighted by molar-refractivity contribution is -0.119. The molecule has 0 spiro atoms. The lowest BCUT2D eigenvalue weighted by Gasteiger charge is -2.23. The van der Waals surface area contributed by atoms with Crippen molar-refractivity contribution in [3.05, 3.63) is 70.3 Å². The molecule has 27 heavy (non-hydrogen) atoms. The van der Waals surface area contributed by atoms with Crippen LogP contribution in [-0.4, -0.2) is 29.6 Å². The quantitative estimate of drug-likeness (QED) is 0.702. The maximum Gasteiger partial charge on any atom is 0.252 e. The maximum absolute atomic E-state index is 12.9. The minimum Gasteiger partial charge on any atom is -0.348 e. The maximum atomic E-state index is 12.9. The Labute approximate surface area is 161 Å². The number of fused-ring (bicyclic) bond motifs is 2. The molecule has 0 fully saturated rings. The lowest BCUT2D eigenvalue weighted by atomic mass is 10.0. The van der Waals surface area contributed by atoms with E-state index >= 15 is 0 Å². The van der Waals surface area contributed by atoms with Crippen molar-refractivity contribution in [1.29, 1.82) is 0 Å². The molecule has 2 atom stereocenters. The van der Waals surface area contributed by atoms with Crippen LogP contribution in [0.15, 0.2) is 42.5 Å². The zero-order chi connectivity index (χ0) is 19.0. The van der Waals surface area contributed by atoms with E-state index in [1.807, 2.05) is 30.3 Å². The number of carbonyl (C=O) groups is 3. The van der Waals surface area contributed by atoms with Gasteiger partial charge in [-0.05, 0) is 29.2 Å². The van der Waals surface area contributed by atoms with Crippen molar-refractivity contribution in [3.63, 3.8) is 0 Å². The summed E-state index contributed by atoms with van der Waals surface area (Å²) in [6.07, 6.45) is 0.594. The fraction of sp³-hybridized carbons (Fsp3) is 0.250. The molecule has 0 bridgehead atoms. The Morgan fingerprint density at radius 1 is 1.07 bits per heavy atom. The second-order valence-corrected chi connectivity index (χ2v) is 6.95. The smallest absolute Gasteiger partial charge is 0.252 e. The molecule has 1 aliphatic heterocycles. The molecule has 1 heterocycles. The number of hydrogen-bond donors (Lipinski definition) is 3. The molecule has 0 unspecified atom stereocenters. The highest BCUT2D eigenvalue weighted by Gasteiger charge is 2.35. The molecule has 0 aromatic heterocycles. The molecule has 0 saturated carbocycles. The number of rotatable bonds is 4. The van der Waals surface area contributed by atoms with Crippen LogP contribution in [0.4, 0.5) is 0 Å². The van der Waals surface area contributed by atoms with E-state index in [4.69, 9.17) is 11.6 Å². The van der Waals surface area contributed by atoms with Crippen molar-refractivity contribution < 1.29 is 14.4 Å². The Morgan fingerprint density at radius 2 is 1.85 bits per heavy atom. The van der Waals surface area contributed by atoms with Gasteiger partial charge in [-0.3, -0.25) is 14.4 Å². The third-order valence-corrected chi connectivity index (χ3v) is 5.29. The average Bonchev–Trinajstić information content (AvgIpc) is 3.22. The summed E-state index contributed by atoms with van der Waals surface area (Å²) in [6.45, 7) is 0.429. The molecule has 3 N–H and O–H groups in total. The molecule has 2 aromatic rings. The first kappa shape index (κ1) is 17.5. The van der Waals surface area contributed by atoms with Gasteiger partial charge in [0.2, 0.25) is 5.91 Å². The van der Waals surface area contributed by atoms with E-state index in [2.05, 4.69) is 16.0 Å². The molecule has 6 nitrogen and oxygen atoms in total. The first-order chi connectivity index (χ1) is 13.1. The number of halogens is 1. The van der Waals surface area contributed by atoms with Crippen molar-refractivity contribution in [2.45, 2.75) is 25.0 Å². The zero-order valence-corrected chi connectivity index (χ0v) is 15.2. The fourth-order valence-corrected chi connectivity index (χ4v) is 3.91. The van der Waals surface area contributed by atoms with Crippen LogP contribution in [0.1, 0.15) is 43.4 Å². The third-order valence-electron chi connectivity index (χ3n) is 5.05. The highest BCUT2D eigenvalue weighted by atomic mass is 35.5. The van der Waals surface area contributed by atoms with Crippen molar-refractivity contribution in [3.8, 4) is 0 Å². The highest BCUT2D eigenvalue weighted by molar-refractivity contribution is 6.27. The first-order valence-electron chi connectivity index (χ1n) is 8.72. The molecule has 0 saturated heterocycles. The number of hydrogen-bond acceptors (Lipinski definition) is 3. The second-order valence-electron chi connectivity index (χ2n) is 6.68. The van der Waals surface area contributed by atoms with Crippen LogP contribution >= 0.6 is 11.6 Å². The highest BCUT2D eigenvalue weighted by Crippen LogP contribution is 2.32. The van der Waals surface area contributed by atoms with E-state index in [1.54, 1.807) is 12.1 Å². The molecule has 7 heteroatoms. The summed E-state index contributed by atoms with van der Waals surface area (Å²) in [5, 5.41) is 8.62. The van der Waals surface area contributed by atoms with Gasteiger partial charge < -0.3 is 16.0 Å². The topological polar surface area (TPSA) is 87.3 Å². The summed E-state index contributed by atoms with van der Waals surface area (Å²) in [4.78, 5) is 36.9. The second kappa shape index (κ2) is 7.04. The van der Waals surface area contributed by atoms with Crippen LogP contribution in [-0.2, 0) is 17.8 Å². The summed E-state index contributed by atoms with van der Waals surface area (Å²) in [7, 11) is 0. The van der Waals surface area contributed by atoms with Crippen molar-refractivity contribution >= 4 is 29.3 Å². The Hall–Kier alpha value is -2.86. The number of amides is 3. The van der Waals surface area contributed by atoms with Gasteiger partial charge in [-0.2, -0.15) is 0 Å². The lowest BCUT2D eigenvalue weighted by Crippen LogP contribution is -2.45. The molecular formula is C20H18ClN3O3. The van der Waals surface area contributed by atoms with Crippen molar-refractivity contribution in [2.24, 2.45) is 0 Å². The van der Waals surface area contributed by atoms with Crippen LogP contribution in [0.5, 0.6) is 0 Å². The Kier molecular flexibility index (Phi) is 4.58. The predicted octanol–water partition coefficient (Wildman–Crippen LogP) is 1.68. The first-order valence-corrected chi connectivity index (χ1v) is 9.26. The Balaban J connectivity index is 1.60. The molecular weight excluding hydrogens is 366 g/mol. The van der Waals surface area contributed by atoms with E-state index in [0.29, 0.717) is 24.1 Å². The van der Waals surface area contributed by atoms with E-state index < -0.39 is 0 Å². The van der Waals surface area contributed by atoms with Gasteiger partial charge in [0.1, 0.15) is 5.88 Å². The van der Waals surface area contributed by atoms with E-state index in [1.165, 1.54) is 0 Å². The van der Waals surface area contributed by atoms with Crippen LogP contribution in [0.25, 0.3) is 0 Å². The van der Waals surface area contributed by atoms with Crippen molar-refractivity contribution in [1.82, 2.24) is 16.0 Å². The predicted molar refractivity (Wildman–Crippen MR) is 101 cm³/mol. The van der Waals surface area contributed by atoms with Crippen LogP contribution in [0, 0.1) is 0 Å². The molecule has 138 valence electrons. The SMILES string of the molecule is O=C(CCl)N[C@@H]1c2ccccc2C[C@H]1NC(=O)c1cccc2c1C(=O)NC2. The minimum atomic E-state index is -0.359. The third kappa shape index (κ3) is 3.17. The number of alkyl halides is 1. The number of carbonyl (C=O) groups excluding carboxylic acids is 3.